The number of fused-ring (bicyclic) bond motifs is 3. The van der Waals surface area contributed by atoms with E-state index in [1.54, 1.807) is 17.0 Å². The molecular weight excluding hydrogens is 493 g/mol. The molecule has 1 N–H and O–H groups in total. The minimum Gasteiger partial charge on any atom is -0.494 e. The number of halogens is 1. The Morgan fingerprint density at radius 3 is 2.64 bits per heavy atom. The van der Waals surface area contributed by atoms with Gasteiger partial charge in [0.1, 0.15) is 17.4 Å². The summed E-state index contributed by atoms with van der Waals surface area (Å²) in [5.74, 6) is 1.19. The third-order valence-electron chi connectivity index (χ3n) is 6.91. The molecule has 5 aromatic rings. The quantitative estimate of drug-likeness (QED) is 0.282. The normalized spacial score (nSPS) is 14.3. The van der Waals surface area contributed by atoms with Gasteiger partial charge in [-0.1, -0.05) is 36.4 Å². The number of amides is 2. The number of nitrogens with zero attached hydrogens (tertiary/aromatic N) is 4. The van der Waals surface area contributed by atoms with E-state index in [0.717, 1.165) is 39.8 Å². The van der Waals surface area contributed by atoms with Crippen LogP contribution in [0.1, 0.15) is 35.5 Å². The predicted octanol–water partition coefficient (Wildman–Crippen LogP) is 6.65. The molecule has 7 nitrogen and oxygen atoms in total. The number of anilines is 1. The minimum atomic E-state index is -0.454. The highest BCUT2D eigenvalue weighted by atomic mass is 19.1. The van der Waals surface area contributed by atoms with Crippen LogP contribution in [-0.2, 0) is 6.54 Å². The lowest BCUT2D eigenvalue weighted by molar-refractivity contribution is 0.194. The van der Waals surface area contributed by atoms with E-state index in [0.29, 0.717) is 18.8 Å². The number of para-hydroxylation sites is 1. The highest BCUT2D eigenvalue weighted by molar-refractivity contribution is 5.90. The Labute approximate surface area is 226 Å². The average Bonchev–Trinajstić information content (AvgIpc) is 3.50. The molecule has 2 aromatic heterocycles. The highest BCUT2D eigenvalue weighted by Gasteiger charge is 2.36. The SMILES string of the molecule is CCOc1cccc([C@@H]2c3cccn3-c3c(c(C)nn3-c3ccccc3)CN2C(=O)Nc2cccc(F)c2)c1. The first-order chi connectivity index (χ1) is 19.0. The fraction of sp³-hybridized carbons (Fsp3) is 0.161. The second kappa shape index (κ2) is 10.1. The van der Waals surface area contributed by atoms with E-state index in [-0.39, 0.29) is 6.03 Å². The summed E-state index contributed by atoms with van der Waals surface area (Å²) in [6.07, 6.45) is 2.00. The Balaban J connectivity index is 1.53. The van der Waals surface area contributed by atoms with Crippen LogP contribution in [0.4, 0.5) is 14.9 Å². The Hall–Kier alpha value is -4.85. The Morgan fingerprint density at radius 1 is 1.03 bits per heavy atom. The lowest BCUT2D eigenvalue weighted by Gasteiger charge is -2.31. The van der Waals surface area contributed by atoms with Crippen LogP contribution < -0.4 is 10.1 Å². The standard InChI is InChI=1S/C31H28FN5O2/c1-3-39-26-15-7-10-22(18-26)29-28-16-9-17-35(28)30-27(21(2)34-37(30)25-13-5-4-6-14-25)20-36(29)31(38)33-24-12-8-11-23(32)19-24/h4-19,29H,3,20H2,1-2H3,(H,33,38)/t29-/m1/s1. The van der Waals surface area contributed by atoms with Crippen LogP contribution in [0.15, 0.2) is 97.2 Å². The lowest BCUT2D eigenvalue weighted by Crippen LogP contribution is -2.38. The van der Waals surface area contributed by atoms with Gasteiger partial charge in [0.05, 0.1) is 36.3 Å². The van der Waals surface area contributed by atoms with Crippen molar-refractivity contribution in [2.24, 2.45) is 0 Å². The second-order valence-corrected chi connectivity index (χ2v) is 9.41. The van der Waals surface area contributed by atoms with E-state index in [4.69, 9.17) is 9.84 Å². The first-order valence-electron chi connectivity index (χ1n) is 12.9. The predicted molar refractivity (Wildman–Crippen MR) is 148 cm³/mol. The number of urea groups is 1. The van der Waals surface area contributed by atoms with Gasteiger partial charge in [-0.05, 0) is 74.0 Å². The van der Waals surface area contributed by atoms with Crippen LogP contribution in [0.2, 0.25) is 0 Å². The van der Waals surface area contributed by atoms with E-state index in [1.165, 1.54) is 12.1 Å². The maximum atomic E-state index is 14.0. The molecule has 2 amide bonds. The number of carbonyl (C=O) groups excluding carboxylic acids is 1. The number of ether oxygens (including phenoxy) is 1. The summed E-state index contributed by atoms with van der Waals surface area (Å²) in [6.45, 7) is 4.73. The van der Waals surface area contributed by atoms with E-state index in [9.17, 15) is 9.18 Å². The number of hydrogen-bond donors (Lipinski definition) is 1. The van der Waals surface area contributed by atoms with Crippen molar-refractivity contribution in [2.45, 2.75) is 26.4 Å². The van der Waals surface area contributed by atoms with E-state index in [2.05, 4.69) is 9.88 Å². The first kappa shape index (κ1) is 24.5. The summed E-state index contributed by atoms with van der Waals surface area (Å²) < 4.78 is 23.8. The van der Waals surface area contributed by atoms with Crippen molar-refractivity contribution in [3.8, 4) is 17.3 Å². The molecular formula is C31H28FN5O2. The number of aromatic nitrogens is 3. The fourth-order valence-corrected chi connectivity index (χ4v) is 5.20. The molecule has 0 unspecified atom stereocenters. The largest absolute Gasteiger partial charge is 0.494 e. The fourth-order valence-electron chi connectivity index (χ4n) is 5.20. The molecule has 0 bridgehead atoms. The van der Waals surface area contributed by atoms with Gasteiger partial charge in [0, 0.05) is 17.4 Å². The summed E-state index contributed by atoms with van der Waals surface area (Å²) in [5.41, 5.74) is 4.86. The molecule has 0 spiro atoms. The minimum absolute atomic E-state index is 0.292. The molecule has 0 aliphatic carbocycles. The van der Waals surface area contributed by atoms with Gasteiger partial charge < -0.3 is 19.5 Å². The van der Waals surface area contributed by atoms with Crippen molar-refractivity contribution in [1.29, 1.82) is 0 Å². The lowest BCUT2D eigenvalue weighted by atomic mass is 10.0. The molecule has 3 heterocycles. The van der Waals surface area contributed by atoms with Gasteiger partial charge >= 0.3 is 6.03 Å². The van der Waals surface area contributed by atoms with Crippen molar-refractivity contribution in [3.63, 3.8) is 0 Å². The summed E-state index contributed by atoms with van der Waals surface area (Å²) in [7, 11) is 0. The number of aryl methyl sites for hydroxylation is 1. The third-order valence-corrected chi connectivity index (χ3v) is 6.91. The summed E-state index contributed by atoms with van der Waals surface area (Å²) in [5, 5.41) is 7.79. The van der Waals surface area contributed by atoms with Gasteiger partial charge in [-0.15, -0.1) is 0 Å². The Kier molecular flexibility index (Phi) is 6.36. The zero-order valence-corrected chi connectivity index (χ0v) is 21.7. The number of benzene rings is 3. The Morgan fingerprint density at radius 2 is 1.85 bits per heavy atom. The zero-order chi connectivity index (χ0) is 26.9. The molecule has 39 heavy (non-hydrogen) atoms. The van der Waals surface area contributed by atoms with E-state index >= 15 is 0 Å². The Bertz CT molecular complexity index is 1640. The molecule has 1 aliphatic rings. The maximum Gasteiger partial charge on any atom is 0.322 e. The number of carbonyl (C=O) groups is 1. The van der Waals surface area contributed by atoms with Crippen LogP contribution in [0.25, 0.3) is 11.5 Å². The molecule has 0 fully saturated rings. The van der Waals surface area contributed by atoms with E-state index in [1.807, 2.05) is 91.5 Å². The first-order valence-corrected chi connectivity index (χ1v) is 12.9. The van der Waals surface area contributed by atoms with Crippen molar-refractivity contribution in [2.75, 3.05) is 11.9 Å². The van der Waals surface area contributed by atoms with Gasteiger partial charge in [-0.2, -0.15) is 5.10 Å². The molecule has 1 aliphatic heterocycles. The summed E-state index contributed by atoms with van der Waals surface area (Å²) >= 11 is 0. The molecule has 196 valence electrons. The third kappa shape index (κ3) is 4.54. The topological polar surface area (TPSA) is 64.3 Å². The second-order valence-electron chi connectivity index (χ2n) is 9.41. The molecule has 8 heteroatoms. The van der Waals surface area contributed by atoms with Gasteiger partial charge in [-0.3, -0.25) is 0 Å². The van der Waals surface area contributed by atoms with Crippen molar-refractivity contribution >= 4 is 11.7 Å². The average molecular weight is 522 g/mol. The molecule has 1 atom stereocenters. The molecule has 6 rings (SSSR count). The maximum absolute atomic E-state index is 14.0. The van der Waals surface area contributed by atoms with Crippen LogP contribution in [0.5, 0.6) is 5.75 Å². The van der Waals surface area contributed by atoms with Crippen LogP contribution >= 0.6 is 0 Å². The van der Waals surface area contributed by atoms with Crippen LogP contribution in [-0.4, -0.2) is 31.9 Å². The number of nitrogens with one attached hydrogen (secondary N) is 1. The smallest absolute Gasteiger partial charge is 0.322 e. The molecule has 3 aromatic carbocycles. The van der Waals surface area contributed by atoms with Gasteiger partial charge in [0.2, 0.25) is 0 Å². The summed E-state index contributed by atoms with van der Waals surface area (Å²) in [4.78, 5) is 15.8. The zero-order valence-electron chi connectivity index (χ0n) is 21.7. The van der Waals surface area contributed by atoms with Crippen LogP contribution in [0, 0.1) is 12.7 Å². The number of hydrogen-bond acceptors (Lipinski definition) is 3. The van der Waals surface area contributed by atoms with Gasteiger partial charge in [-0.25, -0.2) is 13.9 Å². The van der Waals surface area contributed by atoms with Crippen molar-refractivity contribution in [3.05, 3.63) is 126 Å². The van der Waals surface area contributed by atoms with Crippen molar-refractivity contribution in [1.82, 2.24) is 19.2 Å². The van der Waals surface area contributed by atoms with Crippen molar-refractivity contribution < 1.29 is 13.9 Å². The molecule has 0 radical (unpaired) electrons. The monoisotopic (exact) mass is 521 g/mol. The summed E-state index contributed by atoms with van der Waals surface area (Å²) in [6, 6.07) is 26.9. The van der Waals surface area contributed by atoms with Crippen LogP contribution in [0.3, 0.4) is 0 Å². The molecule has 0 saturated carbocycles. The highest BCUT2D eigenvalue weighted by Crippen LogP contribution is 2.39. The van der Waals surface area contributed by atoms with Gasteiger partial charge in [0.15, 0.2) is 0 Å². The van der Waals surface area contributed by atoms with Gasteiger partial charge in [0.25, 0.3) is 0 Å². The molecule has 0 saturated heterocycles. The number of rotatable bonds is 5. The van der Waals surface area contributed by atoms with E-state index < -0.39 is 11.9 Å².